The molecule has 11 heteroatoms. The number of quaternary nitrogens is 4. The zero-order valence-corrected chi connectivity index (χ0v) is 30.7. The number of carbonyl (C=O) groups excluding carboxylic acids is 1. The molecule has 0 unspecified atom stereocenters. The van der Waals surface area contributed by atoms with E-state index in [9.17, 15) is 4.79 Å². The van der Waals surface area contributed by atoms with E-state index in [1.165, 1.54) is 135 Å². The summed E-state index contributed by atoms with van der Waals surface area (Å²) in [5.74, 6) is 2.46. The molecule has 6 saturated heterocycles. The summed E-state index contributed by atoms with van der Waals surface area (Å²) >= 11 is 0. The van der Waals surface area contributed by atoms with Gasteiger partial charge >= 0.3 is 0 Å². The molecule has 6 aliphatic rings. The fourth-order valence-corrected chi connectivity index (χ4v) is 10.6. The van der Waals surface area contributed by atoms with Gasteiger partial charge in [-0.1, -0.05) is 30.3 Å². The Morgan fingerprint density at radius 1 is 0.500 bits per heavy atom. The van der Waals surface area contributed by atoms with Crippen LogP contribution in [-0.4, -0.2) is 191 Å². The highest BCUT2D eigenvalue weighted by Gasteiger charge is 2.45. The summed E-state index contributed by atoms with van der Waals surface area (Å²) in [5.41, 5.74) is 1.73. The molecule has 4 spiro atoms. The van der Waals surface area contributed by atoms with Crippen molar-refractivity contribution in [2.45, 2.75) is 25.7 Å². The maximum Gasteiger partial charge on any atom is 0.163 e. The lowest BCUT2D eigenvalue weighted by atomic mass is 10.1. The quantitative estimate of drug-likeness (QED) is 0.374. The van der Waals surface area contributed by atoms with E-state index < -0.39 is 0 Å². The Bertz CT molecular complexity index is 1350. The van der Waals surface area contributed by atoms with E-state index in [0.717, 1.165) is 94.5 Å². The SMILES string of the molecule is O=Cc1c(N2CCC[N+]3(CC2)CC[N+]2(CCCNCC2)CC3)nc(-c2ccccc2)nc1N1CCC[N+]2(CC1)CC[N+]1(CCCNCC1)CC2. The average Bonchev–Trinajstić information content (AvgIpc) is 3.70. The molecular formula is C39H64N10O+4. The lowest BCUT2D eigenvalue weighted by Crippen LogP contribution is -2.68. The third kappa shape index (κ3) is 7.19. The summed E-state index contributed by atoms with van der Waals surface area (Å²) in [7, 11) is 0. The second-order valence-electron chi connectivity index (χ2n) is 16.9. The minimum atomic E-state index is 0.701. The molecule has 7 heterocycles. The van der Waals surface area contributed by atoms with E-state index in [1.54, 1.807) is 0 Å². The Labute approximate surface area is 300 Å². The average molecular weight is 689 g/mol. The first-order valence-electron chi connectivity index (χ1n) is 20.3. The molecule has 8 rings (SSSR count). The smallest absolute Gasteiger partial charge is 0.163 e. The lowest BCUT2D eigenvalue weighted by Gasteiger charge is -2.49. The molecule has 0 radical (unpaired) electrons. The zero-order chi connectivity index (χ0) is 33.9. The molecular weight excluding hydrogens is 624 g/mol. The fraction of sp³-hybridized carbons (Fsp3) is 0.718. The monoisotopic (exact) mass is 689 g/mol. The molecule has 0 saturated carbocycles. The minimum Gasteiger partial charge on any atom is -0.350 e. The van der Waals surface area contributed by atoms with Gasteiger partial charge in [-0.25, -0.2) is 9.97 Å². The Kier molecular flexibility index (Phi) is 10.2. The summed E-state index contributed by atoms with van der Waals surface area (Å²) in [6.45, 7) is 28.8. The van der Waals surface area contributed by atoms with Crippen molar-refractivity contribution in [3.8, 4) is 11.4 Å². The molecule has 6 aliphatic heterocycles. The molecule has 2 N–H and O–H groups in total. The predicted octanol–water partition coefficient (Wildman–Crippen LogP) is 1.66. The Hall–Kier alpha value is -2.67. The van der Waals surface area contributed by atoms with Gasteiger partial charge < -0.3 is 38.4 Å². The first-order chi connectivity index (χ1) is 24.5. The van der Waals surface area contributed by atoms with Crippen molar-refractivity contribution in [3.63, 3.8) is 0 Å². The fourth-order valence-electron chi connectivity index (χ4n) is 10.6. The van der Waals surface area contributed by atoms with Crippen molar-refractivity contribution in [2.24, 2.45) is 0 Å². The highest BCUT2D eigenvalue weighted by Crippen LogP contribution is 2.33. The van der Waals surface area contributed by atoms with Gasteiger partial charge in [0.15, 0.2) is 12.1 Å². The molecule has 1 aromatic heterocycles. The first kappa shape index (κ1) is 34.4. The van der Waals surface area contributed by atoms with Crippen molar-refractivity contribution in [2.75, 3.05) is 167 Å². The number of nitrogens with zero attached hydrogens (tertiary/aromatic N) is 8. The van der Waals surface area contributed by atoms with Crippen LogP contribution in [0, 0.1) is 0 Å². The number of anilines is 2. The molecule has 50 heavy (non-hydrogen) atoms. The second-order valence-corrected chi connectivity index (χ2v) is 16.9. The molecule has 272 valence electrons. The van der Waals surface area contributed by atoms with Crippen LogP contribution in [0.5, 0.6) is 0 Å². The van der Waals surface area contributed by atoms with Gasteiger partial charge in [0.05, 0.1) is 71.0 Å². The number of benzene rings is 1. The summed E-state index contributed by atoms with van der Waals surface area (Å²) in [6.07, 6.45) is 5.96. The van der Waals surface area contributed by atoms with Gasteiger partial charge in [-0.15, -0.1) is 0 Å². The summed E-state index contributed by atoms with van der Waals surface area (Å²) < 4.78 is 5.09. The number of carbonyl (C=O) groups is 1. The van der Waals surface area contributed by atoms with E-state index in [2.05, 4.69) is 50.8 Å². The molecule has 1 aromatic carbocycles. The van der Waals surface area contributed by atoms with Crippen molar-refractivity contribution in [1.82, 2.24) is 20.6 Å². The molecule has 2 aromatic rings. The largest absolute Gasteiger partial charge is 0.350 e. The van der Waals surface area contributed by atoms with Crippen LogP contribution in [0.4, 0.5) is 11.6 Å². The number of aromatic nitrogens is 2. The Morgan fingerprint density at radius 2 is 0.940 bits per heavy atom. The van der Waals surface area contributed by atoms with E-state index in [1.807, 2.05) is 0 Å². The third-order valence-corrected chi connectivity index (χ3v) is 14.2. The van der Waals surface area contributed by atoms with E-state index in [0.29, 0.717) is 5.56 Å². The van der Waals surface area contributed by atoms with Gasteiger partial charge in [0.25, 0.3) is 0 Å². The zero-order valence-electron chi connectivity index (χ0n) is 30.7. The van der Waals surface area contributed by atoms with Gasteiger partial charge in [-0.3, -0.25) is 4.79 Å². The number of piperazine rings is 2. The number of hydrogen-bond donors (Lipinski definition) is 2. The minimum absolute atomic E-state index is 0.701. The van der Waals surface area contributed by atoms with Crippen molar-refractivity contribution in [3.05, 3.63) is 35.9 Å². The summed E-state index contributed by atoms with van der Waals surface area (Å²) in [6, 6.07) is 10.4. The van der Waals surface area contributed by atoms with Crippen molar-refractivity contribution >= 4 is 17.9 Å². The predicted molar refractivity (Wildman–Crippen MR) is 200 cm³/mol. The molecule has 11 nitrogen and oxygen atoms in total. The Morgan fingerprint density at radius 3 is 1.40 bits per heavy atom. The molecule has 0 amide bonds. The standard InChI is InChI=1S/C39H64N10O/c50-34-36-38(44-14-6-20-48(24-16-44)30-26-46(27-31-48)18-4-10-40-12-22-46)42-37(35-8-2-1-3-9-35)43-39(36)45-15-7-21-49(25-17-45)32-28-47(29-33-49)19-5-11-41-13-23-47/h1-3,8-9,34,40-41H,4-7,10-33H2/q+4. The highest BCUT2D eigenvalue weighted by atomic mass is 16.1. The lowest BCUT2D eigenvalue weighted by molar-refractivity contribution is -1.03. The summed E-state index contributed by atoms with van der Waals surface area (Å²) in [4.78, 5) is 28.6. The first-order valence-corrected chi connectivity index (χ1v) is 20.3. The topological polar surface area (TPSA) is 73.4 Å². The van der Waals surface area contributed by atoms with E-state index >= 15 is 0 Å². The van der Waals surface area contributed by atoms with Crippen LogP contribution in [0.2, 0.25) is 0 Å². The van der Waals surface area contributed by atoms with Gasteiger partial charge in [0, 0.05) is 70.5 Å². The van der Waals surface area contributed by atoms with Crippen LogP contribution >= 0.6 is 0 Å². The molecule has 0 aliphatic carbocycles. The molecule has 6 fully saturated rings. The summed E-state index contributed by atoms with van der Waals surface area (Å²) in [5, 5.41) is 7.27. The number of hydrogen-bond acceptors (Lipinski definition) is 7. The van der Waals surface area contributed by atoms with Gasteiger partial charge in [0.2, 0.25) is 0 Å². The van der Waals surface area contributed by atoms with Crippen LogP contribution in [0.3, 0.4) is 0 Å². The highest BCUT2D eigenvalue weighted by molar-refractivity contribution is 5.91. The van der Waals surface area contributed by atoms with E-state index in [-0.39, 0.29) is 0 Å². The maximum absolute atomic E-state index is 13.2. The third-order valence-electron chi connectivity index (χ3n) is 14.2. The van der Waals surface area contributed by atoms with E-state index in [4.69, 9.17) is 9.97 Å². The Balaban J connectivity index is 1.02. The molecule has 0 bridgehead atoms. The van der Waals surface area contributed by atoms with Gasteiger partial charge in [-0.2, -0.15) is 0 Å². The number of nitrogens with one attached hydrogen (secondary N) is 2. The van der Waals surface area contributed by atoms with Crippen LogP contribution in [0.1, 0.15) is 36.0 Å². The number of rotatable bonds is 4. The second kappa shape index (κ2) is 14.8. The van der Waals surface area contributed by atoms with Crippen molar-refractivity contribution in [1.29, 1.82) is 0 Å². The normalized spacial score (nSPS) is 34.3. The molecule has 0 atom stereocenters. The van der Waals surface area contributed by atoms with Crippen LogP contribution in [0.25, 0.3) is 11.4 Å². The maximum atomic E-state index is 13.2. The van der Waals surface area contributed by atoms with Crippen molar-refractivity contribution < 1.29 is 22.7 Å². The van der Waals surface area contributed by atoms with Crippen LogP contribution in [-0.2, 0) is 0 Å². The number of aldehydes is 1. The van der Waals surface area contributed by atoms with Gasteiger partial charge in [-0.05, 0) is 0 Å². The van der Waals surface area contributed by atoms with Gasteiger partial charge in [0.1, 0.15) is 64.0 Å². The van der Waals surface area contributed by atoms with Crippen LogP contribution in [0.15, 0.2) is 30.3 Å². The van der Waals surface area contributed by atoms with Crippen LogP contribution < -0.4 is 20.4 Å².